The van der Waals surface area contributed by atoms with Gasteiger partial charge in [-0.1, -0.05) is 12.8 Å². The van der Waals surface area contributed by atoms with Gasteiger partial charge in [-0.15, -0.1) is 0 Å². The van der Waals surface area contributed by atoms with Gasteiger partial charge in [-0.3, -0.25) is 14.8 Å². The Bertz CT molecular complexity index is 502. The number of carbonyl (C=O) groups is 1. The lowest BCUT2D eigenvalue weighted by atomic mass is 9.97. The van der Waals surface area contributed by atoms with Crippen molar-refractivity contribution >= 4 is 5.91 Å². The Morgan fingerprint density at radius 2 is 2.14 bits per heavy atom. The number of amides is 1. The average molecular weight is 290 g/mol. The first-order valence-corrected chi connectivity index (χ1v) is 7.60. The molecular formula is C15H22N4O2. The Hall–Kier alpha value is -1.53. The second-order valence-electron chi connectivity index (χ2n) is 6.30. The summed E-state index contributed by atoms with van der Waals surface area (Å²) in [6, 6.07) is 0. The summed E-state index contributed by atoms with van der Waals surface area (Å²) >= 11 is 0. The van der Waals surface area contributed by atoms with Crippen LogP contribution in [0.2, 0.25) is 0 Å². The van der Waals surface area contributed by atoms with Gasteiger partial charge < -0.3 is 15.7 Å². The molecule has 2 atom stereocenters. The first kappa shape index (κ1) is 14.4. The maximum atomic E-state index is 12.6. The van der Waals surface area contributed by atoms with Gasteiger partial charge in [0, 0.05) is 37.6 Å². The molecule has 6 heteroatoms. The van der Waals surface area contributed by atoms with Crippen LogP contribution in [0.1, 0.15) is 31.4 Å². The summed E-state index contributed by atoms with van der Waals surface area (Å²) in [6.07, 6.45) is 8.65. The average Bonchev–Trinajstić information content (AvgIpc) is 3.07. The Morgan fingerprint density at radius 3 is 2.81 bits per heavy atom. The molecular weight excluding hydrogens is 268 g/mol. The fraction of sp³-hybridized carbons (Fsp3) is 0.667. The smallest absolute Gasteiger partial charge is 0.242 e. The summed E-state index contributed by atoms with van der Waals surface area (Å²) in [7, 11) is 0. The molecule has 3 rings (SSSR count). The second-order valence-corrected chi connectivity index (χ2v) is 6.30. The van der Waals surface area contributed by atoms with Crippen LogP contribution < -0.4 is 5.73 Å². The molecule has 1 amide bonds. The van der Waals surface area contributed by atoms with Crippen molar-refractivity contribution in [1.29, 1.82) is 0 Å². The fourth-order valence-electron chi connectivity index (χ4n) is 3.46. The molecule has 2 fully saturated rings. The highest BCUT2D eigenvalue weighted by molar-refractivity contribution is 5.86. The van der Waals surface area contributed by atoms with E-state index < -0.39 is 11.6 Å². The molecule has 0 aromatic carbocycles. The summed E-state index contributed by atoms with van der Waals surface area (Å²) in [5, 5.41) is 10.2. The largest absolute Gasteiger partial charge is 0.391 e. The minimum atomic E-state index is -0.707. The topological polar surface area (TPSA) is 92.3 Å². The monoisotopic (exact) mass is 290 g/mol. The van der Waals surface area contributed by atoms with Crippen LogP contribution in [0.25, 0.3) is 0 Å². The third-order valence-corrected chi connectivity index (χ3v) is 4.70. The van der Waals surface area contributed by atoms with Crippen LogP contribution in [0, 0.1) is 5.92 Å². The molecule has 0 radical (unpaired) electrons. The lowest BCUT2D eigenvalue weighted by Gasteiger charge is -2.28. The quantitative estimate of drug-likeness (QED) is 0.824. The maximum absolute atomic E-state index is 12.6. The van der Waals surface area contributed by atoms with Crippen molar-refractivity contribution in [3.8, 4) is 0 Å². The van der Waals surface area contributed by atoms with Crippen LogP contribution in [0.3, 0.4) is 0 Å². The summed E-state index contributed by atoms with van der Waals surface area (Å²) in [5.74, 6) is 0.0105. The summed E-state index contributed by atoms with van der Waals surface area (Å²) < 4.78 is 0. The molecule has 0 spiro atoms. The lowest BCUT2D eigenvalue weighted by Crippen LogP contribution is -2.53. The predicted octanol–water partition coefficient (Wildman–Crippen LogP) is 0.110. The highest BCUT2D eigenvalue weighted by Gasteiger charge is 2.44. The van der Waals surface area contributed by atoms with Gasteiger partial charge in [0.05, 0.1) is 17.3 Å². The molecule has 21 heavy (non-hydrogen) atoms. The SMILES string of the molecule is NC1(C(=O)N2C[C@@H](Cc3cnccn3)[C@H](O)C2)CCCC1. The molecule has 0 bridgehead atoms. The molecule has 6 nitrogen and oxygen atoms in total. The Morgan fingerprint density at radius 1 is 1.38 bits per heavy atom. The Balaban J connectivity index is 1.64. The van der Waals surface area contributed by atoms with E-state index in [1.807, 2.05) is 0 Å². The summed E-state index contributed by atoms with van der Waals surface area (Å²) in [4.78, 5) is 22.6. The van der Waals surface area contributed by atoms with Crippen LogP contribution >= 0.6 is 0 Å². The number of nitrogens with zero attached hydrogens (tertiary/aromatic N) is 3. The minimum absolute atomic E-state index is 0.000644. The van der Waals surface area contributed by atoms with Crippen LogP contribution in [0.5, 0.6) is 0 Å². The standard InChI is InChI=1S/C15H22N4O2/c16-15(3-1-2-4-15)14(21)19-9-11(13(20)10-19)7-12-8-17-5-6-18-12/h5-6,8,11,13,20H,1-4,7,9-10,16H2/t11-,13-/m1/s1. The molecule has 1 aromatic heterocycles. The number of likely N-dealkylation sites (tertiary alicyclic amines) is 1. The lowest BCUT2D eigenvalue weighted by molar-refractivity contribution is -0.136. The van der Waals surface area contributed by atoms with Gasteiger partial charge in [0.25, 0.3) is 0 Å². The molecule has 1 saturated heterocycles. The first-order chi connectivity index (χ1) is 10.1. The van der Waals surface area contributed by atoms with E-state index in [-0.39, 0.29) is 11.8 Å². The zero-order valence-electron chi connectivity index (χ0n) is 12.1. The van der Waals surface area contributed by atoms with Gasteiger partial charge >= 0.3 is 0 Å². The molecule has 3 N–H and O–H groups in total. The second kappa shape index (κ2) is 5.69. The molecule has 2 aliphatic rings. The number of carbonyl (C=O) groups excluding carboxylic acids is 1. The van der Waals surface area contributed by atoms with Crippen molar-refractivity contribution < 1.29 is 9.90 Å². The zero-order valence-corrected chi connectivity index (χ0v) is 12.1. The van der Waals surface area contributed by atoms with E-state index in [0.29, 0.717) is 19.5 Å². The van der Waals surface area contributed by atoms with E-state index in [9.17, 15) is 9.90 Å². The third kappa shape index (κ3) is 2.91. The Labute approximate surface area is 124 Å². The fourth-order valence-corrected chi connectivity index (χ4v) is 3.46. The van der Waals surface area contributed by atoms with E-state index in [1.165, 1.54) is 0 Å². The van der Waals surface area contributed by atoms with Crippen LogP contribution in [-0.4, -0.2) is 50.6 Å². The number of aliphatic hydroxyl groups is 1. The van der Waals surface area contributed by atoms with Crippen LogP contribution in [-0.2, 0) is 11.2 Å². The van der Waals surface area contributed by atoms with E-state index in [1.54, 1.807) is 23.5 Å². The van der Waals surface area contributed by atoms with Gasteiger partial charge in [-0.2, -0.15) is 0 Å². The van der Waals surface area contributed by atoms with Crippen molar-refractivity contribution in [2.24, 2.45) is 11.7 Å². The molecule has 2 heterocycles. The number of β-amino-alcohol motifs (C(OH)–C–C–N with tert-alkyl or cyclic N) is 1. The zero-order chi connectivity index (χ0) is 14.9. The molecule has 1 saturated carbocycles. The first-order valence-electron chi connectivity index (χ1n) is 7.60. The van der Waals surface area contributed by atoms with Crippen molar-refractivity contribution in [2.45, 2.75) is 43.7 Å². The predicted molar refractivity (Wildman–Crippen MR) is 77.2 cm³/mol. The molecule has 114 valence electrons. The van der Waals surface area contributed by atoms with Crippen LogP contribution in [0.4, 0.5) is 0 Å². The van der Waals surface area contributed by atoms with E-state index >= 15 is 0 Å². The third-order valence-electron chi connectivity index (χ3n) is 4.70. The molecule has 1 aliphatic carbocycles. The van der Waals surface area contributed by atoms with Crippen molar-refractivity contribution in [3.63, 3.8) is 0 Å². The number of aromatic nitrogens is 2. The number of hydrogen-bond acceptors (Lipinski definition) is 5. The number of hydrogen-bond donors (Lipinski definition) is 2. The molecule has 1 aromatic rings. The van der Waals surface area contributed by atoms with Crippen molar-refractivity contribution in [1.82, 2.24) is 14.9 Å². The maximum Gasteiger partial charge on any atom is 0.242 e. The summed E-state index contributed by atoms with van der Waals surface area (Å²) in [6.45, 7) is 0.929. The van der Waals surface area contributed by atoms with Crippen LogP contribution in [0.15, 0.2) is 18.6 Å². The minimum Gasteiger partial charge on any atom is -0.391 e. The van der Waals surface area contributed by atoms with E-state index in [4.69, 9.17) is 5.73 Å². The number of rotatable bonds is 3. The van der Waals surface area contributed by atoms with Gasteiger partial charge in [0.2, 0.25) is 5.91 Å². The van der Waals surface area contributed by atoms with Crippen molar-refractivity contribution in [3.05, 3.63) is 24.3 Å². The van der Waals surface area contributed by atoms with E-state index in [2.05, 4.69) is 9.97 Å². The van der Waals surface area contributed by atoms with Gasteiger partial charge in [0.1, 0.15) is 0 Å². The van der Waals surface area contributed by atoms with Gasteiger partial charge in [-0.25, -0.2) is 0 Å². The number of aliphatic hydroxyl groups excluding tert-OH is 1. The van der Waals surface area contributed by atoms with Crippen molar-refractivity contribution in [2.75, 3.05) is 13.1 Å². The highest BCUT2D eigenvalue weighted by Crippen LogP contribution is 2.31. The molecule has 0 unspecified atom stereocenters. The summed E-state index contributed by atoms with van der Waals surface area (Å²) in [5.41, 5.74) is 6.37. The normalized spacial score (nSPS) is 28.0. The molecule has 1 aliphatic heterocycles. The Kier molecular flexibility index (Phi) is 3.91. The number of nitrogens with two attached hydrogens (primary N) is 1. The van der Waals surface area contributed by atoms with Gasteiger partial charge in [0.15, 0.2) is 0 Å². The van der Waals surface area contributed by atoms with E-state index in [0.717, 1.165) is 31.4 Å². The van der Waals surface area contributed by atoms with Gasteiger partial charge in [-0.05, 0) is 19.3 Å². The highest BCUT2D eigenvalue weighted by atomic mass is 16.3.